The number of ether oxygens (including phenoxy) is 3. The van der Waals surface area contributed by atoms with E-state index in [0.717, 1.165) is 18.4 Å². The highest BCUT2D eigenvalue weighted by Gasteiger charge is 2.76. The lowest BCUT2D eigenvalue weighted by atomic mass is 9.46. The number of Topliss-reactive ketones (excluding diaryl/α,β-unsaturated/α-hetero) is 1. The van der Waals surface area contributed by atoms with Crippen molar-refractivity contribution >= 4 is 21.8 Å². The molecular weight excluding hydrogens is 524 g/mol. The van der Waals surface area contributed by atoms with E-state index in [-0.39, 0.29) is 42.4 Å². The molecule has 5 unspecified atom stereocenters. The third-order valence-corrected chi connectivity index (χ3v) is 12.2. The van der Waals surface area contributed by atoms with Crippen LogP contribution in [0.1, 0.15) is 53.4 Å². The number of nitrogens with zero attached hydrogens (tertiary/aromatic N) is 1. The highest BCUT2D eigenvalue weighted by Crippen LogP contribution is 2.70. The number of carbonyl (C=O) groups excluding carboxylic acids is 2. The topological polar surface area (TPSA) is 131 Å². The van der Waals surface area contributed by atoms with Gasteiger partial charge in [-0.15, -0.1) is 0 Å². The van der Waals surface area contributed by atoms with Crippen LogP contribution in [0.25, 0.3) is 0 Å². The molecule has 8 atom stereocenters. The summed E-state index contributed by atoms with van der Waals surface area (Å²) < 4.78 is 47.9. The van der Waals surface area contributed by atoms with Crippen LogP contribution < -0.4 is 4.72 Å². The van der Waals surface area contributed by atoms with Crippen LogP contribution in [0.2, 0.25) is 0 Å². The second kappa shape index (κ2) is 9.01. The van der Waals surface area contributed by atoms with Crippen molar-refractivity contribution < 1.29 is 37.3 Å². The summed E-state index contributed by atoms with van der Waals surface area (Å²) >= 11 is 0. The number of nitrogens with one attached hydrogen (secondary N) is 1. The Morgan fingerprint density at radius 3 is 2.64 bits per heavy atom. The lowest BCUT2D eigenvalue weighted by Crippen LogP contribution is -2.64. The second-order valence-corrected chi connectivity index (χ2v) is 14.8. The lowest BCUT2D eigenvalue weighted by molar-refractivity contribution is -0.224. The fourth-order valence-electron chi connectivity index (χ4n) is 9.09. The number of carbonyl (C=O) groups is 2. The molecule has 2 aliphatic heterocycles. The summed E-state index contributed by atoms with van der Waals surface area (Å²) in [5.41, 5.74) is -1.52. The van der Waals surface area contributed by atoms with Crippen LogP contribution in [0.5, 0.6) is 0 Å². The number of morpholine rings is 1. The summed E-state index contributed by atoms with van der Waals surface area (Å²) in [5.74, 6) is -1.39. The Bertz CT molecular complexity index is 1240. The van der Waals surface area contributed by atoms with Gasteiger partial charge >= 0.3 is 0 Å². The first-order valence-corrected chi connectivity index (χ1v) is 15.5. The average Bonchev–Trinajstić information content (AvgIpc) is 3.29. The minimum atomic E-state index is -3.88. The van der Waals surface area contributed by atoms with E-state index in [9.17, 15) is 23.1 Å². The lowest BCUT2D eigenvalue weighted by Gasteiger charge is -2.60. The zero-order valence-electron chi connectivity index (χ0n) is 23.1. The van der Waals surface area contributed by atoms with Gasteiger partial charge in [0.25, 0.3) is 10.2 Å². The van der Waals surface area contributed by atoms with Crippen LogP contribution in [-0.4, -0.2) is 85.8 Å². The largest absolute Gasteiger partial charge is 0.393 e. The Kier molecular flexibility index (Phi) is 6.40. The third-order valence-electron chi connectivity index (χ3n) is 10.6. The van der Waals surface area contributed by atoms with Crippen LogP contribution >= 0.6 is 0 Å². The molecule has 10 nitrogen and oxygen atoms in total. The van der Waals surface area contributed by atoms with E-state index in [1.807, 2.05) is 13.0 Å². The Morgan fingerprint density at radius 1 is 1.21 bits per heavy atom. The fraction of sp³-hybridized carbons (Fsp3) is 0.786. The molecule has 0 spiro atoms. The quantitative estimate of drug-likeness (QED) is 0.514. The second-order valence-electron chi connectivity index (χ2n) is 13.1. The zero-order chi connectivity index (χ0) is 28.0. The fourth-order valence-corrected chi connectivity index (χ4v) is 10.2. The van der Waals surface area contributed by atoms with E-state index in [0.29, 0.717) is 26.1 Å². The summed E-state index contributed by atoms with van der Waals surface area (Å²) in [7, 11) is -3.88. The number of aliphatic hydroxyl groups is 1. The molecule has 216 valence electrons. The SMILES string of the molecule is CC1(C)O[C@@H]2CC3C4CCC5=CC(=O)C=CC5(C)C4[C@@H](O)CC3(C)[C@]2(C(=O)CNS(=O)(=O)N2CCOCC2)O1. The number of ketones is 2. The minimum Gasteiger partial charge on any atom is -0.393 e. The molecule has 5 fully saturated rings. The Morgan fingerprint density at radius 2 is 1.92 bits per heavy atom. The molecule has 39 heavy (non-hydrogen) atoms. The molecular formula is C28H40N2O8S. The van der Waals surface area contributed by atoms with Crippen molar-refractivity contribution in [3.05, 3.63) is 23.8 Å². The smallest absolute Gasteiger partial charge is 0.280 e. The Hall–Kier alpha value is -1.47. The van der Waals surface area contributed by atoms with E-state index in [4.69, 9.17) is 14.2 Å². The van der Waals surface area contributed by atoms with Gasteiger partial charge in [0.2, 0.25) is 0 Å². The number of hydrogen-bond donors (Lipinski definition) is 2. The molecule has 0 aromatic heterocycles. The van der Waals surface area contributed by atoms with Gasteiger partial charge in [0.15, 0.2) is 23.0 Å². The van der Waals surface area contributed by atoms with Crippen molar-refractivity contribution in [2.45, 2.75) is 77.0 Å². The van der Waals surface area contributed by atoms with E-state index < -0.39 is 51.2 Å². The minimum absolute atomic E-state index is 0.0143. The normalized spacial score (nSPS) is 45.2. The van der Waals surface area contributed by atoms with Crippen molar-refractivity contribution in [3.63, 3.8) is 0 Å². The molecule has 3 saturated carbocycles. The Labute approximate surface area is 230 Å². The summed E-state index contributed by atoms with van der Waals surface area (Å²) in [4.78, 5) is 26.3. The summed E-state index contributed by atoms with van der Waals surface area (Å²) in [5, 5.41) is 11.8. The van der Waals surface area contributed by atoms with E-state index >= 15 is 0 Å². The van der Waals surface area contributed by atoms with Crippen LogP contribution in [0, 0.1) is 28.6 Å². The summed E-state index contributed by atoms with van der Waals surface area (Å²) in [6.45, 7) is 8.35. The van der Waals surface area contributed by atoms with Gasteiger partial charge in [-0.1, -0.05) is 25.5 Å². The zero-order valence-corrected chi connectivity index (χ0v) is 24.0. The van der Waals surface area contributed by atoms with E-state index in [1.165, 1.54) is 4.31 Å². The molecule has 0 aromatic rings. The number of aliphatic hydroxyl groups excluding tert-OH is 1. The van der Waals surface area contributed by atoms with Gasteiger partial charge in [-0.25, -0.2) is 0 Å². The number of fused-ring (bicyclic) bond motifs is 7. The van der Waals surface area contributed by atoms with Crippen molar-refractivity contribution in [1.29, 1.82) is 0 Å². The monoisotopic (exact) mass is 564 g/mol. The standard InChI is InChI=1S/C28H40N2O8S/c1-25(2)37-23-14-20-19-6-5-17-13-18(31)7-8-26(17,3)24(19)21(32)15-27(20,4)28(23,38-25)22(33)16-29-39(34,35)30-9-11-36-12-10-30/h7-8,13,19-21,23-24,29,32H,5-6,9-12,14-16H2,1-4H3/t19?,20?,21-,23+,24?,26?,27?,28+/m0/s1. The van der Waals surface area contributed by atoms with Crippen LogP contribution in [0.15, 0.2) is 23.8 Å². The van der Waals surface area contributed by atoms with Gasteiger partial charge in [-0.2, -0.15) is 17.4 Å². The maximum atomic E-state index is 14.2. The third kappa shape index (κ3) is 3.99. The molecule has 4 aliphatic carbocycles. The van der Waals surface area contributed by atoms with Gasteiger partial charge in [0.1, 0.15) is 0 Å². The van der Waals surface area contributed by atoms with Gasteiger partial charge in [-0.3, -0.25) is 9.59 Å². The van der Waals surface area contributed by atoms with Gasteiger partial charge in [0, 0.05) is 29.8 Å². The molecule has 6 rings (SSSR count). The molecule has 11 heteroatoms. The molecule has 0 radical (unpaired) electrons. The van der Waals surface area contributed by atoms with Crippen molar-refractivity contribution in [3.8, 4) is 0 Å². The maximum absolute atomic E-state index is 14.2. The van der Waals surface area contributed by atoms with Gasteiger partial charge in [0.05, 0.1) is 32.0 Å². The van der Waals surface area contributed by atoms with E-state index in [1.54, 1.807) is 26.0 Å². The predicted octanol–water partition coefficient (Wildman–Crippen LogP) is 1.50. The van der Waals surface area contributed by atoms with Crippen molar-refractivity contribution in [1.82, 2.24) is 9.03 Å². The van der Waals surface area contributed by atoms with Crippen molar-refractivity contribution in [2.75, 3.05) is 32.8 Å². The number of allylic oxidation sites excluding steroid dienone is 4. The highest BCUT2D eigenvalue weighted by atomic mass is 32.2. The molecule has 0 bridgehead atoms. The van der Waals surface area contributed by atoms with Crippen LogP contribution in [0.4, 0.5) is 0 Å². The molecule has 2 saturated heterocycles. The molecule has 0 aromatic carbocycles. The Balaban J connectivity index is 1.32. The first-order valence-electron chi connectivity index (χ1n) is 14.1. The average molecular weight is 565 g/mol. The van der Waals surface area contributed by atoms with Gasteiger partial charge < -0.3 is 19.3 Å². The number of rotatable bonds is 5. The summed E-state index contributed by atoms with van der Waals surface area (Å²) in [6.07, 6.45) is 6.47. The number of hydrogen-bond acceptors (Lipinski definition) is 8. The van der Waals surface area contributed by atoms with Crippen LogP contribution in [-0.2, 0) is 34.0 Å². The first-order chi connectivity index (χ1) is 18.2. The molecule has 2 N–H and O–H groups in total. The maximum Gasteiger partial charge on any atom is 0.280 e. The molecule has 2 heterocycles. The predicted molar refractivity (Wildman–Crippen MR) is 140 cm³/mol. The molecule has 6 aliphatic rings. The summed E-state index contributed by atoms with van der Waals surface area (Å²) in [6, 6.07) is 0. The van der Waals surface area contributed by atoms with Gasteiger partial charge in [-0.05, 0) is 63.5 Å². The van der Waals surface area contributed by atoms with Crippen LogP contribution in [0.3, 0.4) is 0 Å². The van der Waals surface area contributed by atoms with E-state index in [2.05, 4.69) is 11.6 Å². The molecule has 0 amide bonds. The highest BCUT2D eigenvalue weighted by molar-refractivity contribution is 7.87. The first kappa shape index (κ1) is 27.7. The van der Waals surface area contributed by atoms with Crippen molar-refractivity contribution in [2.24, 2.45) is 28.6 Å².